The van der Waals surface area contributed by atoms with Crippen LogP contribution in [0.5, 0.6) is 0 Å². The summed E-state index contributed by atoms with van der Waals surface area (Å²) < 4.78 is 23.0. The van der Waals surface area contributed by atoms with Crippen molar-refractivity contribution >= 4 is 0 Å². The number of halogens is 2. The van der Waals surface area contributed by atoms with Gasteiger partial charge in [-0.05, 0) is 14.1 Å². The van der Waals surface area contributed by atoms with Crippen molar-refractivity contribution in [3.63, 3.8) is 0 Å². The zero-order valence-corrected chi connectivity index (χ0v) is 7.51. The minimum Gasteiger partial charge on any atom is -0.386 e. The molecule has 0 aliphatic heterocycles. The molecule has 0 fully saturated rings. The summed E-state index contributed by atoms with van der Waals surface area (Å²) in [5.41, 5.74) is 0. The first-order valence-corrected chi connectivity index (χ1v) is 3.65. The Labute approximate surface area is 66.8 Å². The highest BCUT2D eigenvalue weighted by Crippen LogP contribution is 2.00. The van der Waals surface area contributed by atoms with Gasteiger partial charge in [0.2, 0.25) is 0 Å². The first-order valence-electron chi connectivity index (χ1n) is 3.65. The molecule has 0 aromatic carbocycles. The van der Waals surface area contributed by atoms with Gasteiger partial charge in [0, 0.05) is 6.54 Å². The summed E-state index contributed by atoms with van der Waals surface area (Å²) >= 11 is 0. The van der Waals surface area contributed by atoms with Crippen LogP contribution in [0.2, 0.25) is 0 Å². The van der Waals surface area contributed by atoms with E-state index in [-0.39, 0.29) is 6.54 Å². The monoisotopic (exact) mass is 169 g/mol. The van der Waals surface area contributed by atoms with Crippen molar-refractivity contribution in [1.82, 2.24) is 4.90 Å². The van der Waals surface area contributed by atoms with Crippen molar-refractivity contribution in [2.45, 2.75) is 26.4 Å². The molecule has 0 aromatic heterocycles. The van der Waals surface area contributed by atoms with Crippen molar-refractivity contribution in [3.05, 3.63) is 0 Å². The van der Waals surface area contributed by atoms with Crippen LogP contribution in [-0.4, -0.2) is 43.2 Å². The Morgan fingerprint density at radius 2 is 1.64 bits per heavy atom. The molecule has 0 spiro atoms. The quantitative estimate of drug-likeness (QED) is 0.686. The SMILES string of the molecule is CC.CN(C)CC(O)C(F)F. The minimum absolute atomic E-state index is 0.0116. The van der Waals surface area contributed by atoms with Gasteiger partial charge in [0.25, 0.3) is 6.43 Å². The lowest BCUT2D eigenvalue weighted by Gasteiger charge is -2.14. The van der Waals surface area contributed by atoms with E-state index in [0.29, 0.717) is 0 Å². The Kier molecular flexibility index (Phi) is 9.58. The predicted molar refractivity (Wildman–Crippen MR) is 41.9 cm³/mol. The highest BCUT2D eigenvalue weighted by Gasteiger charge is 2.16. The number of aliphatic hydroxyl groups excluding tert-OH is 1. The minimum atomic E-state index is -2.63. The summed E-state index contributed by atoms with van der Waals surface area (Å²) in [6, 6.07) is 0. The first-order chi connectivity index (χ1) is 5.04. The van der Waals surface area contributed by atoms with Gasteiger partial charge < -0.3 is 10.0 Å². The van der Waals surface area contributed by atoms with E-state index < -0.39 is 12.5 Å². The number of rotatable bonds is 3. The van der Waals surface area contributed by atoms with E-state index >= 15 is 0 Å². The summed E-state index contributed by atoms with van der Waals surface area (Å²) in [5.74, 6) is 0. The summed E-state index contributed by atoms with van der Waals surface area (Å²) in [4.78, 5) is 1.51. The molecule has 0 radical (unpaired) electrons. The second-order valence-electron chi connectivity index (χ2n) is 2.16. The fourth-order valence-corrected chi connectivity index (χ4v) is 0.454. The highest BCUT2D eigenvalue weighted by atomic mass is 19.3. The maximum atomic E-state index is 11.5. The van der Waals surface area contributed by atoms with Gasteiger partial charge in [0.15, 0.2) is 0 Å². The Morgan fingerprint density at radius 1 is 1.27 bits per heavy atom. The van der Waals surface area contributed by atoms with Crippen LogP contribution in [0.15, 0.2) is 0 Å². The molecule has 1 atom stereocenters. The molecule has 2 nitrogen and oxygen atoms in total. The zero-order valence-electron chi connectivity index (χ0n) is 7.51. The lowest BCUT2D eigenvalue weighted by atomic mass is 10.3. The number of likely N-dealkylation sites (N-methyl/N-ethyl adjacent to an activating group) is 1. The molecular weight excluding hydrogens is 152 g/mol. The molecule has 1 unspecified atom stereocenters. The maximum absolute atomic E-state index is 11.5. The van der Waals surface area contributed by atoms with Gasteiger partial charge in [-0.2, -0.15) is 0 Å². The van der Waals surface area contributed by atoms with Crippen LogP contribution in [0.3, 0.4) is 0 Å². The first kappa shape index (κ1) is 13.4. The van der Waals surface area contributed by atoms with Crippen LogP contribution in [-0.2, 0) is 0 Å². The summed E-state index contributed by atoms with van der Waals surface area (Å²) in [7, 11) is 3.26. The molecule has 4 heteroatoms. The van der Waals surface area contributed by atoms with E-state index in [1.807, 2.05) is 13.8 Å². The smallest absolute Gasteiger partial charge is 0.265 e. The molecule has 70 valence electrons. The predicted octanol–water partition coefficient (Wildman–Crippen LogP) is 1.20. The lowest BCUT2D eigenvalue weighted by molar-refractivity contribution is -0.0165. The second kappa shape index (κ2) is 7.88. The average Bonchev–Trinajstić information content (AvgIpc) is 1.90. The molecule has 0 rings (SSSR count). The van der Waals surface area contributed by atoms with E-state index in [2.05, 4.69) is 0 Å². The summed E-state index contributed by atoms with van der Waals surface area (Å²) in [6.07, 6.45) is -4.15. The molecule has 1 N–H and O–H groups in total. The van der Waals surface area contributed by atoms with Crippen molar-refractivity contribution in [2.24, 2.45) is 0 Å². The van der Waals surface area contributed by atoms with E-state index in [9.17, 15) is 8.78 Å². The molecular formula is C7H17F2NO. The molecule has 0 aliphatic rings. The van der Waals surface area contributed by atoms with E-state index in [1.54, 1.807) is 14.1 Å². The van der Waals surface area contributed by atoms with Crippen LogP contribution in [0.25, 0.3) is 0 Å². The van der Waals surface area contributed by atoms with Crippen LogP contribution in [0.4, 0.5) is 8.78 Å². The number of nitrogens with zero attached hydrogens (tertiary/aromatic N) is 1. The standard InChI is InChI=1S/C5H11F2NO.C2H6/c1-8(2)3-4(9)5(6)7;1-2/h4-5,9H,3H2,1-2H3;1-2H3. The normalized spacial score (nSPS) is 12.8. The fraction of sp³-hybridized carbons (Fsp3) is 1.00. The van der Waals surface area contributed by atoms with Gasteiger partial charge in [-0.1, -0.05) is 13.8 Å². The summed E-state index contributed by atoms with van der Waals surface area (Å²) in [5, 5.41) is 8.51. The molecule has 0 aliphatic carbocycles. The topological polar surface area (TPSA) is 23.5 Å². The Balaban J connectivity index is 0. The molecule has 0 saturated carbocycles. The lowest BCUT2D eigenvalue weighted by Crippen LogP contribution is -2.31. The average molecular weight is 169 g/mol. The zero-order chi connectivity index (χ0) is 9.44. The van der Waals surface area contributed by atoms with Crippen LogP contribution in [0, 0.1) is 0 Å². The molecule has 0 aromatic rings. The van der Waals surface area contributed by atoms with Gasteiger partial charge >= 0.3 is 0 Å². The molecule has 0 bridgehead atoms. The van der Waals surface area contributed by atoms with E-state index in [4.69, 9.17) is 5.11 Å². The van der Waals surface area contributed by atoms with Crippen molar-refractivity contribution in [3.8, 4) is 0 Å². The van der Waals surface area contributed by atoms with Crippen molar-refractivity contribution in [1.29, 1.82) is 0 Å². The van der Waals surface area contributed by atoms with Gasteiger partial charge in [-0.3, -0.25) is 0 Å². The Morgan fingerprint density at radius 3 is 1.73 bits per heavy atom. The van der Waals surface area contributed by atoms with Gasteiger partial charge in [-0.25, -0.2) is 8.78 Å². The van der Waals surface area contributed by atoms with Gasteiger partial charge in [-0.15, -0.1) is 0 Å². The van der Waals surface area contributed by atoms with E-state index in [0.717, 1.165) is 0 Å². The van der Waals surface area contributed by atoms with Crippen molar-refractivity contribution < 1.29 is 13.9 Å². The van der Waals surface area contributed by atoms with Crippen LogP contribution < -0.4 is 0 Å². The molecule has 0 saturated heterocycles. The molecule has 0 amide bonds. The molecule has 0 heterocycles. The Hall–Kier alpha value is -0.220. The Bertz CT molecular complexity index is 78.8. The number of hydrogen-bond donors (Lipinski definition) is 1. The number of aliphatic hydroxyl groups is 1. The number of hydrogen-bond acceptors (Lipinski definition) is 2. The fourth-order valence-electron chi connectivity index (χ4n) is 0.454. The molecule has 11 heavy (non-hydrogen) atoms. The van der Waals surface area contributed by atoms with Gasteiger partial charge in [0.05, 0.1) is 0 Å². The second-order valence-corrected chi connectivity index (χ2v) is 2.16. The number of alkyl halides is 2. The third-order valence-electron chi connectivity index (χ3n) is 0.843. The maximum Gasteiger partial charge on any atom is 0.265 e. The third-order valence-corrected chi connectivity index (χ3v) is 0.843. The highest BCUT2D eigenvalue weighted by molar-refractivity contribution is 4.59. The third kappa shape index (κ3) is 9.78. The van der Waals surface area contributed by atoms with Crippen molar-refractivity contribution in [2.75, 3.05) is 20.6 Å². The van der Waals surface area contributed by atoms with E-state index in [1.165, 1.54) is 4.90 Å². The van der Waals surface area contributed by atoms with Crippen LogP contribution >= 0.6 is 0 Å². The largest absolute Gasteiger partial charge is 0.386 e. The summed E-state index contributed by atoms with van der Waals surface area (Å²) in [6.45, 7) is 4.01. The van der Waals surface area contributed by atoms with Crippen LogP contribution in [0.1, 0.15) is 13.8 Å². The van der Waals surface area contributed by atoms with Gasteiger partial charge in [0.1, 0.15) is 6.10 Å².